The van der Waals surface area contributed by atoms with Crippen LogP contribution >= 0.6 is 35.4 Å². The average Bonchev–Trinajstić information content (AvgIpc) is 3.42. The van der Waals surface area contributed by atoms with Crippen molar-refractivity contribution in [2.24, 2.45) is 5.10 Å². The standard InChI is InChI=1S/C18H12Cl2N4O3S/c19-14-6-5-11(8-15(14)20)26-10-13-4-3-12(27-13)9-21-24-17(22-23-18(24)28)16-2-1-7-25-16/h1-9H,10H2,(H,23,28). The maximum absolute atomic E-state index is 5.97. The van der Waals surface area contributed by atoms with Gasteiger partial charge in [-0.25, -0.2) is 5.10 Å². The van der Waals surface area contributed by atoms with Gasteiger partial charge in [0.2, 0.25) is 10.6 Å². The van der Waals surface area contributed by atoms with Crippen molar-refractivity contribution in [2.75, 3.05) is 0 Å². The fraction of sp³-hybridized carbons (Fsp3) is 0.0556. The van der Waals surface area contributed by atoms with Crippen LogP contribution in [0.1, 0.15) is 11.5 Å². The molecule has 1 N–H and O–H groups in total. The molecule has 28 heavy (non-hydrogen) atoms. The number of furan rings is 2. The van der Waals surface area contributed by atoms with Crippen LogP contribution < -0.4 is 4.74 Å². The van der Waals surface area contributed by atoms with Crippen molar-refractivity contribution in [2.45, 2.75) is 6.61 Å². The van der Waals surface area contributed by atoms with Gasteiger partial charge in [-0.05, 0) is 48.6 Å². The molecule has 0 amide bonds. The molecule has 0 saturated heterocycles. The van der Waals surface area contributed by atoms with Gasteiger partial charge >= 0.3 is 0 Å². The molecule has 4 aromatic rings. The van der Waals surface area contributed by atoms with Gasteiger partial charge in [-0.3, -0.25) is 0 Å². The van der Waals surface area contributed by atoms with Crippen LogP contribution in [0.3, 0.4) is 0 Å². The van der Waals surface area contributed by atoms with Crippen LogP contribution in [0.25, 0.3) is 11.6 Å². The highest BCUT2D eigenvalue weighted by Gasteiger charge is 2.10. The van der Waals surface area contributed by atoms with Crippen molar-refractivity contribution >= 4 is 41.6 Å². The van der Waals surface area contributed by atoms with E-state index in [2.05, 4.69) is 15.3 Å². The van der Waals surface area contributed by atoms with Gasteiger partial charge in [0.1, 0.15) is 23.9 Å². The van der Waals surface area contributed by atoms with Gasteiger partial charge < -0.3 is 13.6 Å². The van der Waals surface area contributed by atoms with E-state index in [0.717, 1.165) is 0 Å². The number of hydrogen-bond donors (Lipinski definition) is 1. The maximum Gasteiger partial charge on any atom is 0.219 e. The number of aromatic amines is 1. The number of halogens is 2. The molecule has 0 atom stereocenters. The van der Waals surface area contributed by atoms with Gasteiger partial charge in [0, 0.05) is 6.07 Å². The number of benzene rings is 1. The zero-order chi connectivity index (χ0) is 19.5. The molecular formula is C18H12Cl2N4O3S. The Hall–Kier alpha value is -2.81. The van der Waals surface area contributed by atoms with Crippen LogP contribution in [0.2, 0.25) is 10.0 Å². The Morgan fingerprint density at radius 1 is 1.21 bits per heavy atom. The first-order valence-corrected chi connectivity index (χ1v) is 9.19. The first-order valence-electron chi connectivity index (χ1n) is 8.02. The Kier molecular flexibility index (Phi) is 5.34. The zero-order valence-electron chi connectivity index (χ0n) is 14.1. The molecule has 10 heteroatoms. The normalized spacial score (nSPS) is 11.4. The Labute approximate surface area is 174 Å². The van der Waals surface area contributed by atoms with E-state index in [9.17, 15) is 0 Å². The lowest BCUT2D eigenvalue weighted by molar-refractivity contribution is 0.270. The number of H-pyrrole nitrogens is 1. The van der Waals surface area contributed by atoms with Crippen molar-refractivity contribution < 1.29 is 13.6 Å². The third kappa shape index (κ3) is 4.04. The largest absolute Gasteiger partial charge is 0.486 e. The topological polar surface area (TPSA) is 81.5 Å². The van der Waals surface area contributed by atoms with Crippen LogP contribution in [0, 0.1) is 4.77 Å². The van der Waals surface area contributed by atoms with E-state index in [0.29, 0.717) is 43.7 Å². The summed E-state index contributed by atoms with van der Waals surface area (Å²) in [5.41, 5.74) is 0. The molecule has 0 aliphatic carbocycles. The summed E-state index contributed by atoms with van der Waals surface area (Å²) >= 11 is 17.1. The van der Waals surface area contributed by atoms with Crippen LogP contribution in [-0.4, -0.2) is 21.1 Å². The summed E-state index contributed by atoms with van der Waals surface area (Å²) in [6, 6.07) is 12.1. The zero-order valence-corrected chi connectivity index (χ0v) is 16.5. The van der Waals surface area contributed by atoms with Gasteiger partial charge in [0.25, 0.3) is 0 Å². The highest BCUT2D eigenvalue weighted by Crippen LogP contribution is 2.27. The summed E-state index contributed by atoms with van der Waals surface area (Å²) in [7, 11) is 0. The minimum Gasteiger partial charge on any atom is -0.486 e. The van der Waals surface area contributed by atoms with Crippen LogP contribution in [0.15, 0.2) is 62.7 Å². The first-order chi connectivity index (χ1) is 13.6. The van der Waals surface area contributed by atoms with Crippen molar-refractivity contribution in [1.82, 2.24) is 14.9 Å². The first kappa shape index (κ1) is 18.5. The minimum atomic E-state index is 0.231. The highest BCUT2D eigenvalue weighted by atomic mass is 35.5. The molecule has 4 rings (SSSR count). The molecule has 7 nitrogen and oxygen atoms in total. The van der Waals surface area contributed by atoms with Crippen LogP contribution in [-0.2, 0) is 6.61 Å². The Morgan fingerprint density at radius 3 is 2.89 bits per heavy atom. The summed E-state index contributed by atoms with van der Waals surface area (Å²) in [4.78, 5) is 0. The second-order valence-corrected chi connectivity index (χ2v) is 6.76. The van der Waals surface area contributed by atoms with Crippen LogP contribution in [0.4, 0.5) is 0 Å². The lowest BCUT2D eigenvalue weighted by Gasteiger charge is -2.05. The molecule has 3 heterocycles. The van der Waals surface area contributed by atoms with E-state index in [1.54, 1.807) is 48.7 Å². The number of rotatable bonds is 6. The molecule has 0 aliphatic heterocycles. The summed E-state index contributed by atoms with van der Waals surface area (Å²) in [6.07, 6.45) is 3.08. The van der Waals surface area contributed by atoms with E-state index >= 15 is 0 Å². The smallest absolute Gasteiger partial charge is 0.219 e. The van der Waals surface area contributed by atoms with Crippen LogP contribution in [0.5, 0.6) is 5.75 Å². The summed E-state index contributed by atoms with van der Waals surface area (Å²) < 4.78 is 18.5. The summed E-state index contributed by atoms with van der Waals surface area (Å²) in [5, 5.41) is 12.0. The number of nitrogens with one attached hydrogen (secondary N) is 1. The number of ether oxygens (including phenoxy) is 1. The van der Waals surface area contributed by atoms with Crippen molar-refractivity contribution in [3.8, 4) is 17.3 Å². The average molecular weight is 435 g/mol. The molecule has 0 spiro atoms. The van der Waals surface area contributed by atoms with Gasteiger partial charge in [-0.15, -0.1) is 5.10 Å². The van der Waals surface area contributed by atoms with Gasteiger partial charge in [-0.2, -0.15) is 9.78 Å². The van der Waals surface area contributed by atoms with Crippen molar-refractivity contribution in [1.29, 1.82) is 0 Å². The van der Waals surface area contributed by atoms with E-state index in [1.165, 1.54) is 10.9 Å². The third-order valence-corrected chi connectivity index (χ3v) is 4.65. The van der Waals surface area contributed by atoms with E-state index in [-0.39, 0.29) is 6.61 Å². The monoisotopic (exact) mass is 434 g/mol. The van der Waals surface area contributed by atoms with Gasteiger partial charge in [-0.1, -0.05) is 23.2 Å². The Balaban J connectivity index is 1.46. The second kappa shape index (κ2) is 8.05. The fourth-order valence-electron chi connectivity index (χ4n) is 2.34. The Morgan fingerprint density at radius 2 is 2.11 bits per heavy atom. The molecule has 0 aliphatic rings. The van der Waals surface area contributed by atoms with Gasteiger partial charge in [0.15, 0.2) is 5.76 Å². The molecular weight excluding hydrogens is 423 g/mol. The van der Waals surface area contributed by atoms with E-state index in [1.807, 2.05) is 0 Å². The lowest BCUT2D eigenvalue weighted by Crippen LogP contribution is -1.94. The summed E-state index contributed by atoms with van der Waals surface area (Å²) in [6.45, 7) is 0.231. The van der Waals surface area contributed by atoms with Crippen molar-refractivity contribution in [3.63, 3.8) is 0 Å². The van der Waals surface area contributed by atoms with E-state index < -0.39 is 0 Å². The third-order valence-electron chi connectivity index (χ3n) is 3.65. The molecule has 0 unspecified atom stereocenters. The van der Waals surface area contributed by atoms with Crippen molar-refractivity contribution in [3.05, 3.63) is 75.1 Å². The molecule has 0 bridgehead atoms. The SMILES string of the molecule is S=c1[nH]nc(-c2ccco2)n1N=Cc1ccc(COc2ccc(Cl)c(Cl)c2)o1. The molecule has 0 saturated carbocycles. The number of hydrogen-bond acceptors (Lipinski definition) is 6. The second-order valence-electron chi connectivity index (χ2n) is 5.55. The highest BCUT2D eigenvalue weighted by molar-refractivity contribution is 7.71. The quantitative estimate of drug-likeness (QED) is 0.317. The summed E-state index contributed by atoms with van der Waals surface area (Å²) in [5.74, 6) is 2.74. The fourth-order valence-corrected chi connectivity index (χ4v) is 2.81. The Bertz CT molecular complexity index is 1180. The number of nitrogens with zero attached hydrogens (tertiary/aromatic N) is 3. The predicted octanol–water partition coefficient (Wildman–Crippen LogP) is 5.56. The molecule has 0 fully saturated rings. The van der Waals surface area contributed by atoms with Gasteiger partial charge in [0.05, 0.1) is 22.5 Å². The number of aromatic nitrogens is 3. The molecule has 1 aromatic carbocycles. The predicted molar refractivity (Wildman–Crippen MR) is 108 cm³/mol. The maximum atomic E-state index is 5.97. The molecule has 3 aromatic heterocycles. The lowest BCUT2D eigenvalue weighted by atomic mass is 10.3. The molecule has 0 radical (unpaired) electrons. The minimum absolute atomic E-state index is 0.231. The van der Waals surface area contributed by atoms with E-state index in [4.69, 9.17) is 49.0 Å². The molecule has 142 valence electrons.